The lowest BCUT2D eigenvalue weighted by Gasteiger charge is -2.25. The quantitative estimate of drug-likeness (QED) is 0.195. The highest BCUT2D eigenvalue weighted by molar-refractivity contribution is 5.98. The van der Waals surface area contributed by atoms with Gasteiger partial charge in [0.25, 0.3) is 0 Å². The molecule has 0 fully saturated rings. The summed E-state index contributed by atoms with van der Waals surface area (Å²) in [5, 5.41) is 10.9. The highest BCUT2D eigenvalue weighted by Gasteiger charge is 2.28. The Kier molecular flexibility index (Phi) is 15.0. The van der Waals surface area contributed by atoms with E-state index in [4.69, 9.17) is 10.5 Å². The number of ether oxygens (including phenoxy) is 1. The Balaban J connectivity index is 2.85. The van der Waals surface area contributed by atoms with Gasteiger partial charge < -0.3 is 31.7 Å². The molecule has 10 nitrogen and oxygen atoms in total. The monoisotopic (exact) mass is 533 g/mol. The van der Waals surface area contributed by atoms with E-state index in [-0.39, 0.29) is 43.2 Å². The molecule has 6 N–H and O–H groups in total. The van der Waals surface area contributed by atoms with Crippen molar-refractivity contribution in [3.63, 3.8) is 0 Å². The summed E-state index contributed by atoms with van der Waals surface area (Å²) >= 11 is 0. The molecule has 10 heteroatoms. The first-order valence-corrected chi connectivity index (χ1v) is 13.5. The highest BCUT2D eigenvalue weighted by atomic mass is 16.5. The van der Waals surface area contributed by atoms with Crippen LogP contribution in [0.25, 0.3) is 0 Å². The Labute approximate surface area is 227 Å². The number of nitrogens with two attached hydrogens (primary N) is 1. The molecule has 1 aromatic rings. The van der Waals surface area contributed by atoms with E-state index in [0.29, 0.717) is 31.1 Å². The number of primary amides is 1. The fourth-order valence-electron chi connectivity index (χ4n) is 3.81. The van der Waals surface area contributed by atoms with E-state index in [1.807, 2.05) is 52.0 Å². The topological polar surface area (TPSA) is 152 Å². The lowest BCUT2D eigenvalue weighted by Crippen LogP contribution is -2.54. The maximum Gasteiger partial charge on any atom is 0.312 e. The minimum Gasteiger partial charge on any atom is -0.379 e. The van der Waals surface area contributed by atoms with Crippen LogP contribution in [0.3, 0.4) is 0 Å². The molecule has 2 atom stereocenters. The largest absolute Gasteiger partial charge is 0.379 e. The van der Waals surface area contributed by atoms with Crippen molar-refractivity contribution < 1.29 is 23.9 Å². The molecule has 0 heterocycles. The van der Waals surface area contributed by atoms with Crippen LogP contribution in [0.1, 0.15) is 72.8 Å². The SMILES string of the molecule is CC(C)Cc1ccc(NC(=O)[C@H](CCCNC(N)=O)NC(=O)C(NC(=O)CCCOC(C)C)C(C)C)cc1. The number of carbonyl (C=O) groups is 4. The van der Waals surface area contributed by atoms with Gasteiger partial charge in [0, 0.05) is 25.3 Å². The molecule has 0 saturated carbocycles. The molecule has 0 aliphatic carbocycles. The van der Waals surface area contributed by atoms with E-state index < -0.39 is 24.0 Å². The van der Waals surface area contributed by atoms with E-state index in [0.717, 1.165) is 6.42 Å². The average Bonchev–Trinajstić information content (AvgIpc) is 2.82. The summed E-state index contributed by atoms with van der Waals surface area (Å²) < 4.78 is 5.47. The molecular weight excluding hydrogens is 486 g/mol. The Hall–Kier alpha value is -3.14. The van der Waals surface area contributed by atoms with Crippen LogP contribution >= 0.6 is 0 Å². The van der Waals surface area contributed by atoms with Crippen molar-refractivity contribution in [1.29, 1.82) is 0 Å². The zero-order valence-corrected chi connectivity index (χ0v) is 23.8. The number of benzene rings is 1. The van der Waals surface area contributed by atoms with Crippen LogP contribution in [0.4, 0.5) is 10.5 Å². The van der Waals surface area contributed by atoms with Crippen LogP contribution in [-0.2, 0) is 25.5 Å². The first kappa shape index (κ1) is 32.9. The highest BCUT2D eigenvalue weighted by Crippen LogP contribution is 2.14. The van der Waals surface area contributed by atoms with E-state index in [1.165, 1.54) is 5.56 Å². The third-order valence-corrected chi connectivity index (χ3v) is 5.73. The molecule has 0 saturated heterocycles. The molecule has 1 rings (SSSR count). The van der Waals surface area contributed by atoms with Crippen molar-refractivity contribution in [2.75, 3.05) is 18.5 Å². The Morgan fingerprint density at radius 2 is 1.55 bits per heavy atom. The second-order valence-electron chi connectivity index (χ2n) is 10.6. The Morgan fingerprint density at radius 1 is 0.895 bits per heavy atom. The third-order valence-electron chi connectivity index (χ3n) is 5.73. The van der Waals surface area contributed by atoms with Gasteiger partial charge in [-0.25, -0.2) is 4.79 Å². The van der Waals surface area contributed by atoms with Gasteiger partial charge in [0.05, 0.1) is 6.10 Å². The van der Waals surface area contributed by atoms with E-state index in [1.54, 1.807) is 0 Å². The lowest BCUT2D eigenvalue weighted by molar-refractivity contribution is -0.132. The molecule has 38 heavy (non-hydrogen) atoms. The standard InChI is InChI=1S/C28H47N5O5/c1-18(2)17-21-11-13-22(14-12-21)31-26(35)23(9-7-15-30-28(29)37)32-27(36)25(19(3)4)33-24(34)10-8-16-38-20(5)6/h11-14,18-20,23,25H,7-10,15-17H2,1-6H3,(H,31,35)(H,32,36)(H,33,34)(H3,29,30,37)/t23-,25?/m0/s1. The van der Waals surface area contributed by atoms with Crippen LogP contribution in [0.5, 0.6) is 0 Å². The van der Waals surface area contributed by atoms with Gasteiger partial charge in [-0.1, -0.05) is 39.8 Å². The summed E-state index contributed by atoms with van der Waals surface area (Å²) in [5.41, 5.74) is 6.92. The van der Waals surface area contributed by atoms with Crippen molar-refractivity contribution in [2.24, 2.45) is 17.6 Å². The first-order valence-electron chi connectivity index (χ1n) is 13.5. The summed E-state index contributed by atoms with van der Waals surface area (Å²) in [5.74, 6) is -0.749. The molecule has 0 aliphatic rings. The minimum absolute atomic E-state index is 0.0893. The fourth-order valence-corrected chi connectivity index (χ4v) is 3.81. The maximum atomic E-state index is 13.2. The fraction of sp³-hybridized carbons (Fsp3) is 0.643. The molecule has 214 valence electrons. The van der Waals surface area contributed by atoms with Crippen LogP contribution in [-0.4, -0.2) is 55.1 Å². The molecule has 1 aromatic carbocycles. The summed E-state index contributed by atoms with van der Waals surface area (Å²) in [4.78, 5) is 49.8. The Morgan fingerprint density at radius 3 is 2.11 bits per heavy atom. The summed E-state index contributed by atoms with van der Waals surface area (Å²) in [7, 11) is 0. The number of amides is 5. The van der Waals surface area contributed by atoms with Crippen molar-refractivity contribution in [3.05, 3.63) is 29.8 Å². The second-order valence-corrected chi connectivity index (χ2v) is 10.6. The molecule has 0 radical (unpaired) electrons. The number of rotatable bonds is 17. The summed E-state index contributed by atoms with van der Waals surface area (Å²) in [6.45, 7) is 12.5. The van der Waals surface area contributed by atoms with E-state index in [2.05, 4.69) is 35.1 Å². The second kappa shape index (κ2) is 17.4. The number of hydrogen-bond donors (Lipinski definition) is 5. The maximum absolute atomic E-state index is 13.2. The zero-order valence-electron chi connectivity index (χ0n) is 23.8. The summed E-state index contributed by atoms with van der Waals surface area (Å²) in [6.07, 6.45) is 2.50. The molecule has 1 unspecified atom stereocenters. The molecular formula is C28H47N5O5. The molecule has 0 aliphatic heterocycles. The first-order chi connectivity index (χ1) is 17.9. The van der Waals surface area contributed by atoms with E-state index >= 15 is 0 Å². The van der Waals surface area contributed by atoms with Gasteiger partial charge in [-0.3, -0.25) is 14.4 Å². The van der Waals surface area contributed by atoms with Gasteiger partial charge >= 0.3 is 6.03 Å². The van der Waals surface area contributed by atoms with Gasteiger partial charge in [0.15, 0.2) is 0 Å². The number of anilines is 1. The van der Waals surface area contributed by atoms with Gasteiger partial charge in [-0.05, 0) is 69.1 Å². The van der Waals surface area contributed by atoms with Crippen molar-refractivity contribution in [3.8, 4) is 0 Å². The number of urea groups is 1. The lowest BCUT2D eigenvalue weighted by atomic mass is 10.0. The smallest absolute Gasteiger partial charge is 0.312 e. The van der Waals surface area contributed by atoms with Crippen molar-refractivity contribution in [2.45, 2.75) is 91.8 Å². The van der Waals surface area contributed by atoms with Crippen LogP contribution in [0.15, 0.2) is 24.3 Å². The van der Waals surface area contributed by atoms with Gasteiger partial charge in [-0.2, -0.15) is 0 Å². The van der Waals surface area contributed by atoms with Gasteiger partial charge in [0.2, 0.25) is 17.7 Å². The van der Waals surface area contributed by atoms with Crippen LogP contribution < -0.4 is 27.0 Å². The Bertz CT molecular complexity index is 886. The minimum atomic E-state index is -0.870. The van der Waals surface area contributed by atoms with Crippen molar-refractivity contribution >= 4 is 29.4 Å². The van der Waals surface area contributed by atoms with Crippen LogP contribution in [0.2, 0.25) is 0 Å². The van der Waals surface area contributed by atoms with E-state index in [9.17, 15) is 19.2 Å². The van der Waals surface area contributed by atoms with Crippen LogP contribution in [0, 0.1) is 11.8 Å². The average molecular weight is 534 g/mol. The number of carbonyl (C=O) groups excluding carboxylic acids is 4. The third kappa shape index (κ3) is 14.0. The molecule has 5 amide bonds. The zero-order chi connectivity index (χ0) is 28.7. The summed E-state index contributed by atoms with van der Waals surface area (Å²) in [6, 6.07) is 5.28. The van der Waals surface area contributed by atoms with Gasteiger partial charge in [0.1, 0.15) is 12.1 Å². The number of nitrogens with one attached hydrogen (secondary N) is 4. The number of hydrogen-bond acceptors (Lipinski definition) is 5. The molecule has 0 spiro atoms. The normalized spacial score (nSPS) is 12.8. The predicted molar refractivity (Wildman–Crippen MR) is 149 cm³/mol. The van der Waals surface area contributed by atoms with Crippen molar-refractivity contribution in [1.82, 2.24) is 16.0 Å². The molecule has 0 aromatic heterocycles. The molecule has 0 bridgehead atoms. The predicted octanol–water partition coefficient (Wildman–Crippen LogP) is 3.10. The van der Waals surface area contributed by atoms with Gasteiger partial charge in [-0.15, -0.1) is 0 Å².